The van der Waals surface area contributed by atoms with Crippen molar-refractivity contribution in [2.75, 3.05) is 7.11 Å². The summed E-state index contributed by atoms with van der Waals surface area (Å²) in [5.74, 6) is 1.11. The Morgan fingerprint density at radius 3 is 2.52 bits per heavy atom. The number of hydrogen-bond acceptors (Lipinski definition) is 6. The third-order valence-corrected chi connectivity index (χ3v) is 5.38. The first-order chi connectivity index (χ1) is 15.7. The Hall–Kier alpha value is -3.59. The minimum Gasteiger partial charge on any atom is -0.497 e. The first-order valence-electron chi connectivity index (χ1n) is 10.7. The summed E-state index contributed by atoms with van der Waals surface area (Å²) < 4.78 is 20.5. The van der Waals surface area contributed by atoms with Crippen molar-refractivity contribution in [3.8, 4) is 5.75 Å². The predicted octanol–water partition coefficient (Wildman–Crippen LogP) is 3.62. The minimum atomic E-state index is -0.294. The molecule has 2 aromatic heterocycles. The molecule has 0 fully saturated rings. The summed E-state index contributed by atoms with van der Waals surface area (Å²) in [6.45, 7) is 7.34. The molecule has 2 aromatic carbocycles. The van der Waals surface area contributed by atoms with Gasteiger partial charge >= 0.3 is 0 Å². The van der Waals surface area contributed by atoms with Crippen LogP contribution in [0.5, 0.6) is 5.75 Å². The van der Waals surface area contributed by atoms with Crippen LogP contribution in [0.1, 0.15) is 37.7 Å². The number of aromatic amines is 1. The molecule has 0 amide bonds. The fourth-order valence-corrected chi connectivity index (χ4v) is 3.76. The van der Waals surface area contributed by atoms with E-state index in [1.54, 1.807) is 23.9 Å². The zero-order valence-electron chi connectivity index (χ0n) is 19.2. The van der Waals surface area contributed by atoms with Crippen molar-refractivity contribution in [2.45, 2.75) is 45.9 Å². The standard InChI is InChI=1S/C24H27FN6O2/c1-24(2,3)31-22(27-28-29-31)15-30(13-16-5-7-19(25)8-6-16)14-18-11-17-12-20(33-4)9-10-21(17)26-23(18)32/h5-12H,13-15H2,1-4H3,(H,26,32). The van der Waals surface area contributed by atoms with Gasteiger partial charge in [-0.05, 0) is 73.2 Å². The van der Waals surface area contributed by atoms with Crippen molar-refractivity contribution in [2.24, 2.45) is 0 Å². The first kappa shape index (κ1) is 22.6. The van der Waals surface area contributed by atoms with Crippen molar-refractivity contribution in [3.05, 3.63) is 81.7 Å². The molecule has 172 valence electrons. The van der Waals surface area contributed by atoms with Crippen molar-refractivity contribution < 1.29 is 9.13 Å². The number of nitrogens with zero attached hydrogens (tertiary/aromatic N) is 5. The fourth-order valence-electron chi connectivity index (χ4n) is 3.76. The second kappa shape index (κ2) is 9.11. The molecular weight excluding hydrogens is 423 g/mol. The summed E-state index contributed by atoms with van der Waals surface area (Å²) in [4.78, 5) is 17.9. The van der Waals surface area contributed by atoms with Gasteiger partial charge in [0.25, 0.3) is 5.56 Å². The molecule has 0 radical (unpaired) electrons. The van der Waals surface area contributed by atoms with Crippen LogP contribution in [0.3, 0.4) is 0 Å². The van der Waals surface area contributed by atoms with Gasteiger partial charge in [-0.2, -0.15) is 0 Å². The Labute approximate surface area is 191 Å². The molecule has 0 atom stereocenters. The van der Waals surface area contributed by atoms with Crippen molar-refractivity contribution in [3.63, 3.8) is 0 Å². The lowest BCUT2D eigenvalue weighted by atomic mass is 10.1. The molecule has 4 rings (SSSR count). The van der Waals surface area contributed by atoms with Crippen molar-refractivity contribution >= 4 is 10.9 Å². The number of methoxy groups -OCH3 is 1. The van der Waals surface area contributed by atoms with Crippen LogP contribution in [0.25, 0.3) is 10.9 Å². The van der Waals surface area contributed by atoms with Gasteiger partial charge in [0.2, 0.25) is 0 Å². The molecule has 33 heavy (non-hydrogen) atoms. The molecule has 4 aromatic rings. The quantitative estimate of drug-likeness (QED) is 0.463. The lowest BCUT2D eigenvalue weighted by Gasteiger charge is -2.25. The maximum atomic E-state index is 13.4. The van der Waals surface area contributed by atoms with Crippen LogP contribution in [0.2, 0.25) is 0 Å². The highest BCUT2D eigenvalue weighted by Crippen LogP contribution is 2.21. The van der Waals surface area contributed by atoms with E-state index in [4.69, 9.17) is 4.74 Å². The lowest BCUT2D eigenvalue weighted by molar-refractivity contribution is 0.223. The van der Waals surface area contributed by atoms with Gasteiger partial charge in [-0.15, -0.1) is 5.10 Å². The van der Waals surface area contributed by atoms with Crippen LogP contribution in [0, 0.1) is 5.82 Å². The first-order valence-corrected chi connectivity index (χ1v) is 10.7. The topological polar surface area (TPSA) is 88.9 Å². The van der Waals surface area contributed by atoms with Crippen molar-refractivity contribution in [1.29, 1.82) is 0 Å². The SMILES string of the molecule is COc1ccc2[nH]c(=O)c(CN(Cc3ccc(F)cc3)Cc3nnnn3C(C)(C)C)cc2c1. The Morgan fingerprint density at radius 2 is 1.82 bits per heavy atom. The van der Waals surface area contributed by atoms with Gasteiger partial charge in [0.1, 0.15) is 11.6 Å². The van der Waals surface area contributed by atoms with Gasteiger partial charge in [0.05, 0.1) is 19.2 Å². The number of nitrogens with one attached hydrogen (secondary N) is 1. The van der Waals surface area contributed by atoms with Gasteiger partial charge in [-0.3, -0.25) is 9.69 Å². The predicted molar refractivity (Wildman–Crippen MR) is 123 cm³/mol. The van der Waals surface area contributed by atoms with Gasteiger partial charge in [0, 0.05) is 29.6 Å². The highest BCUT2D eigenvalue weighted by atomic mass is 19.1. The molecule has 9 heteroatoms. The molecule has 0 bridgehead atoms. The molecule has 2 heterocycles. The normalized spacial score (nSPS) is 11.9. The van der Waals surface area contributed by atoms with Gasteiger partial charge < -0.3 is 9.72 Å². The molecule has 0 saturated carbocycles. The molecule has 0 spiro atoms. The maximum absolute atomic E-state index is 13.4. The van der Waals surface area contributed by atoms with E-state index in [2.05, 4.69) is 25.4 Å². The van der Waals surface area contributed by atoms with E-state index in [0.717, 1.165) is 16.5 Å². The van der Waals surface area contributed by atoms with E-state index in [1.165, 1.54) is 12.1 Å². The highest BCUT2D eigenvalue weighted by Gasteiger charge is 2.22. The number of benzene rings is 2. The number of fused-ring (bicyclic) bond motifs is 1. The van der Waals surface area contributed by atoms with E-state index in [9.17, 15) is 9.18 Å². The third kappa shape index (κ3) is 5.25. The summed E-state index contributed by atoms with van der Waals surface area (Å²) in [6.07, 6.45) is 0. The number of aromatic nitrogens is 5. The summed E-state index contributed by atoms with van der Waals surface area (Å²) >= 11 is 0. The molecule has 0 aliphatic heterocycles. The number of pyridine rings is 1. The molecular formula is C24H27FN6O2. The summed E-state index contributed by atoms with van der Waals surface area (Å²) in [5.41, 5.74) is 1.81. The van der Waals surface area contributed by atoms with E-state index >= 15 is 0 Å². The number of hydrogen-bond donors (Lipinski definition) is 1. The van der Waals surface area contributed by atoms with Gasteiger partial charge in [0.15, 0.2) is 5.82 Å². The van der Waals surface area contributed by atoms with E-state index in [0.29, 0.717) is 36.8 Å². The van der Waals surface area contributed by atoms with Crippen LogP contribution >= 0.6 is 0 Å². The van der Waals surface area contributed by atoms with E-state index < -0.39 is 0 Å². The molecule has 0 saturated heterocycles. The van der Waals surface area contributed by atoms with E-state index in [-0.39, 0.29) is 16.9 Å². The average molecular weight is 451 g/mol. The average Bonchev–Trinajstić information content (AvgIpc) is 3.24. The van der Waals surface area contributed by atoms with E-state index in [1.807, 2.05) is 45.0 Å². The third-order valence-electron chi connectivity index (χ3n) is 5.38. The Bertz CT molecular complexity index is 1310. The number of rotatable bonds is 7. The number of H-pyrrole nitrogens is 1. The van der Waals surface area contributed by atoms with Crippen LogP contribution in [-0.4, -0.2) is 37.2 Å². The second-order valence-corrected chi connectivity index (χ2v) is 9.03. The number of halogens is 1. The molecule has 0 aliphatic carbocycles. The van der Waals surface area contributed by atoms with Crippen LogP contribution in [0.15, 0.2) is 53.3 Å². The zero-order chi connectivity index (χ0) is 23.6. The largest absolute Gasteiger partial charge is 0.497 e. The monoisotopic (exact) mass is 450 g/mol. The van der Waals surface area contributed by atoms with Crippen LogP contribution in [0.4, 0.5) is 4.39 Å². The smallest absolute Gasteiger partial charge is 0.252 e. The highest BCUT2D eigenvalue weighted by molar-refractivity contribution is 5.80. The maximum Gasteiger partial charge on any atom is 0.252 e. The molecule has 0 aliphatic rings. The molecule has 0 unspecified atom stereocenters. The van der Waals surface area contributed by atoms with Crippen LogP contribution < -0.4 is 10.3 Å². The Morgan fingerprint density at radius 1 is 1.06 bits per heavy atom. The molecule has 1 N–H and O–H groups in total. The summed E-state index contributed by atoms with van der Waals surface area (Å²) in [6, 6.07) is 13.7. The number of tetrazole rings is 1. The Balaban J connectivity index is 1.68. The van der Waals surface area contributed by atoms with Crippen LogP contribution in [-0.2, 0) is 25.2 Å². The van der Waals surface area contributed by atoms with Crippen molar-refractivity contribution in [1.82, 2.24) is 30.1 Å². The molecule has 8 nitrogen and oxygen atoms in total. The number of ether oxygens (including phenoxy) is 1. The fraction of sp³-hybridized carbons (Fsp3) is 0.333. The zero-order valence-corrected chi connectivity index (χ0v) is 19.2. The summed E-state index contributed by atoms with van der Waals surface area (Å²) in [7, 11) is 1.61. The van der Waals surface area contributed by atoms with Gasteiger partial charge in [-0.1, -0.05) is 12.1 Å². The summed E-state index contributed by atoms with van der Waals surface area (Å²) in [5, 5.41) is 13.1. The van der Waals surface area contributed by atoms with Gasteiger partial charge in [-0.25, -0.2) is 9.07 Å². The second-order valence-electron chi connectivity index (χ2n) is 9.03. The minimum absolute atomic E-state index is 0.160. The Kier molecular flexibility index (Phi) is 6.24. The lowest BCUT2D eigenvalue weighted by Crippen LogP contribution is -2.31.